The number of hydrogen-bond acceptors (Lipinski definition) is 6. The van der Waals surface area contributed by atoms with E-state index in [4.69, 9.17) is 0 Å². The van der Waals surface area contributed by atoms with E-state index in [-0.39, 0.29) is 0 Å². The van der Waals surface area contributed by atoms with Crippen LogP contribution in [-0.2, 0) is 19.5 Å². The van der Waals surface area contributed by atoms with Crippen LogP contribution >= 0.6 is 67.8 Å². The number of nitrogens with one attached hydrogen (secondary N) is 1. The molecule has 30 heavy (non-hydrogen) atoms. The zero-order valence-corrected chi connectivity index (χ0v) is 22.7. The van der Waals surface area contributed by atoms with Gasteiger partial charge in [0.1, 0.15) is 11.1 Å². The molecule has 0 spiro atoms. The normalized spacial score (nSPS) is 16.1. The van der Waals surface area contributed by atoms with Crippen molar-refractivity contribution in [2.75, 3.05) is 13.1 Å². The lowest BCUT2D eigenvalue weighted by atomic mass is 9.99. The van der Waals surface area contributed by atoms with Crippen molar-refractivity contribution in [3.8, 4) is 0 Å². The van der Waals surface area contributed by atoms with Crippen LogP contribution in [0.25, 0.3) is 0 Å². The van der Waals surface area contributed by atoms with Gasteiger partial charge in [0, 0.05) is 44.8 Å². The van der Waals surface area contributed by atoms with Gasteiger partial charge >= 0.3 is 0 Å². The van der Waals surface area contributed by atoms with Gasteiger partial charge in [-0.15, -0.1) is 0 Å². The van der Waals surface area contributed by atoms with Gasteiger partial charge in [0.15, 0.2) is 0 Å². The Bertz CT molecular complexity index is 817. The summed E-state index contributed by atoms with van der Waals surface area (Å²) in [5, 5.41) is 4.58. The quantitative estimate of drug-likeness (QED) is 0.302. The summed E-state index contributed by atoms with van der Waals surface area (Å²) in [5.74, 6) is 0.502. The van der Waals surface area contributed by atoms with E-state index in [1.165, 1.54) is 16.7 Å². The van der Waals surface area contributed by atoms with Crippen molar-refractivity contribution < 1.29 is 0 Å². The molecule has 0 saturated carbocycles. The molecule has 3 aromatic rings. The molecule has 1 saturated heterocycles. The molecule has 1 aliphatic heterocycles. The third kappa shape index (κ3) is 6.76. The van der Waals surface area contributed by atoms with Crippen molar-refractivity contribution in [2.24, 2.45) is 5.92 Å². The largest absolute Gasteiger partial charge is 0.250 e. The number of aromatic nitrogens is 3. The highest BCUT2D eigenvalue weighted by Gasteiger charge is 2.26. The van der Waals surface area contributed by atoms with Crippen molar-refractivity contribution in [3.05, 3.63) is 82.8 Å². The summed E-state index contributed by atoms with van der Waals surface area (Å²) in [6.07, 6.45) is 6.94. The average Bonchev–Trinajstić information content (AvgIpc) is 2.73. The lowest BCUT2D eigenvalue weighted by Gasteiger charge is -2.41. The van der Waals surface area contributed by atoms with Crippen LogP contribution in [0.5, 0.6) is 0 Å². The van der Waals surface area contributed by atoms with Gasteiger partial charge in [0.2, 0.25) is 0 Å². The summed E-state index contributed by atoms with van der Waals surface area (Å²) in [7, 11) is 0. The first-order valence-corrected chi connectivity index (χ1v) is 12.8. The Morgan fingerprint density at radius 1 is 0.700 bits per heavy atom. The van der Waals surface area contributed by atoms with Crippen molar-refractivity contribution >= 4 is 67.8 Å². The highest BCUT2D eigenvalue weighted by Crippen LogP contribution is 2.19. The zero-order chi connectivity index (χ0) is 20.9. The molecule has 0 unspecified atom stereocenters. The van der Waals surface area contributed by atoms with Crippen LogP contribution in [0.3, 0.4) is 0 Å². The van der Waals surface area contributed by atoms with Gasteiger partial charge in [-0.05, 0) is 115 Å². The Balaban J connectivity index is 1.47. The predicted octanol–water partition coefficient (Wildman–Crippen LogP) is 4.28. The number of hydrazine groups is 2. The third-order valence-electron chi connectivity index (χ3n) is 4.88. The molecule has 1 fully saturated rings. The monoisotopic (exact) mass is 738 g/mol. The Hall–Kier alpha value is -0.480. The van der Waals surface area contributed by atoms with E-state index in [1.54, 1.807) is 0 Å². The molecule has 9 heteroatoms. The van der Waals surface area contributed by atoms with Crippen LogP contribution in [0.2, 0.25) is 0 Å². The minimum absolute atomic E-state index is 0.502. The summed E-state index contributed by atoms with van der Waals surface area (Å²) < 4.78 is 3.06. The molecule has 1 N–H and O–H groups in total. The molecule has 0 aliphatic carbocycles. The number of halogens is 3. The lowest BCUT2D eigenvalue weighted by molar-refractivity contribution is -0.0541. The van der Waals surface area contributed by atoms with Crippen LogP contribution in [0, 0.1) is 17.0 Å². The second kappa shape index (κ2) is 10.9. The number of hydrogen-bond donors (Lipinski definition) is 1. The fraction of sp³-hybridized carbons (Fsp3) is 0.286. The Morgan fingerprint density at radius 2 is 1.13 bits per heavy atom. The van der Waals surface area contributed by atoms with Crippen molar-refractivity contribution in [3.63, 3.8) is 0 Å². The number of rotatable bonds is 6. The second-order valence-corrected chi connectivity index (χ2v) is 10.7. The maximum absolute atomic E-state index is 4.46. The molecular formula is C21H21I3N6. The molecule has 0 radical (unpaired) electrons. The SMILES string of the molecule is Ic1ccc(CC2CN(Cc3ccc(I)nc3)NN(Cc3ccc(I)nc3)C2)cn1. The van der Waals surface area contributed by atoms with E-state index in [1.807, 2.05) is 18.6 Å². The maximum Gasteiger partial charge on any atom is 0.101 e. The molecule has 0 atom stereocenters. The smallest absolute Gasteiger partial charge is 0.101 e. The molecular weight excluding hydrogens is 717 g/mol. The standard InChI is InChI=1S/C21H21I3N6/c22-19-4-1-15(8-25-19)7-18-13-29(11-16-2-5-20(23)26-9-16)28-30(14-18)12-17-3-6-21(24)27-10-17/h1-6,8-10,18,28H,7,11-14H2. The summed E-state index contributed by atoms with van der Waals surface area (Å²) in [5.41, 5.74) is 7.29. The molecule has 3 aromatic heterocycles. The Morgan fingerprint density at radius 3 is 1.53 bits per heavy atom. The van der Waals surface area contributed by atoms with Gasteiger partial charge in [-0.3, -0.25) is 4.98 Å². The number of pyridine rings is 3. The molecule has 1 aliphatic rings. The lowest BCUT2D eigenvalue weighted by Crippen LogP contribution is -2.58. The second-order valence-electron chi connectivity index (χ2n) is 7.40. The van der Waals surface area contributed by atoms with Crippen LogP contribution in [-0.4, -0.2) is 38.1 Å². The maximum atomic E-state index is 4.46. The predicted molar refractivity (Wildman–Crippen MR) is 142 cm³/mol. The summed E-state index contributed by atoms with van der Waals surface area (Å²) >= 11 is 6.74. The molecule has 0 amide bonds. The fourth-order valence-corrected chi connectivity index (χ4v) is 4.55. The van der Waals surface area contributed by atoms with E-state index in [2.05, 4.69) is 135 Å². The van der Waals surface area contributed by atoms with Crippen LogP contribution in [0.4, 0.5) is 0 Å². The molecule has 4 heterocycles. The van der Waals surface area contributed by atoms with Crippen LogP contribution in [0.15, 0.2) is 55.0 Å². The van der Waals surface area contributed by atoms with E-state index >= 15 is 0 Å². The average molecular weight is 738 g/mol. The van der Waals surface area contributed by atoms with Gasteiger partial charge in [-0.2, -0.15) is 5.53 Å². The minimum Gasteiger partial charge on any atom is -0.250 e. The van der Waals surface area contributed by atoms with Crippen molar-refractivity contribution in [2.45, 2.75) is 19.5 Å². The van der Waals surface area contributed by atoms with Crippen molar-refractivity contribution in [1.29, 1.82) is 0 Å². The summed E-state index contributed by atoms with van der Waals surface area (Å²) in [4.78, 5) is 13.3. The first kappa shape index (κ1) is 22.7. The fourth-order valence-electron chi connectivity index (χ4n) is 3.59. The van der Waals surface area contributed by atoms with Crippen LogP contribution in [0.1, 0.15) is 16.7 Å². The van der Waals surface area contributed by atoms with E-state index < -0.39 is 0 Å². The zero-order valence-electron chi connectivity index (χ0n) is 16.2. The van der Waals surface area contributed by atoms with Crippen LogP contribution < -0.4 is 5.53 Å². The summed E-state index contributed by atoms with van der Waals surface area (Å²) in [6, 6.07) is 12.7. The van der Waals surface area contributed by atoms with Gasteiger partial charge in [-0.25, -0.2) is 20.0 Å². The van der Waals surface area contributed by atoms with E-state index in [0.29, 0.717) is 5.92 Å². The molecule has 156 valence electrons. The first-order valence-electron chi connectivity index (χ1n) is 9.61. The van der Waals surface area contributed by atoms with Gasteiger partial charge in [0.25, 0.3) is 0 Å². The molecule has 6 nitrogen and oxygen atoms in total. The molecule has 0 bridgehead atoms. The minimum atomic E-state index is 0.502. The third-order valence-corrected chi connectivity index (χ3v) is 6.79. The molecule has 4 rings (SSSR count). The first-order chi connectivity index (χ1) is 14.5. The van der Waals surface area contributed by atoms with Crippen molar-refractivity contribution in [1.82, 2.24) is 30.5 Å². The van der Waals surface area contributed by atoms with Gasteiger partial charge in [-0.1, -0.05) is 18.2 Å². The summed E-state index contributed by atoms with van der Waals surface area (Å²) in [6.45, 7) is 3.57. The highest BCUT2D eigenvalue weighted by atomic mass is 127. The highest BCUT2D eigenvalue weighted by molar-refractivity contribution is 14.1. The Kier molecular flexibility index (Phi) is 8.25. The Labute approximate surface area is 217 Å². The number of nitrogens with zero attached hydrogens (tertiary/aromatic N) is 5. The molecule has 0 aromatic carbocycles. The van der Waals surface area contributed by atoms with Gasteiger partial charge < -0.3 is 0 Å². The van der Waals surface area contributed by atoms with Gasteiger partial charge in [0.05, 0.1) is 0 Å². The topological polar surface area (TPSA) is 57.2 Å². The van der Waals surface area contributed by atoms with E-state index in [9.17, 15) is 0 Å². The van der Waals surface area contributed by atoms with E-state index in [0.717, 1.165) is 43.7 Å².